The van der Waals surface area contributed by atoms with E-state index in [2.05, 4.69) is 6.58 Å². The summed E-state index contributed by atoms with van der Waals surface area (Å²) in [5.74, 6) is 0. The van der Waals surface area contributed by atoms with Crippen molar-refractivity contribution >= 4 is 23.2 Å². The van der Waals surface area contributed by atoms with Crippen molar-refractivity contribution in [3.63, 3.8) is 0 Å². The van der Waals surface area contributed by atoms with Gasteiger partial charge in [0.2, 0.25) is 0 Å². The van der Waals surface area contributed by atoms with Crippen LogP contribution in [0.5, 0.6) is 0 Å². The summed E-state index contributed by atoms with van der Waals surface area (Å²) in [6.07, 6.45) is 1.49. The van der Waals surface area contributed by atoms with Crippen molar-refractivity contribution in [1.82, 2.24) is 0 Å². The summed E-state index contributed by atoms with van der Waals surface area (Å²) < 4.78 is 25.2. The molecule has 9 heteroatoms. The molecule has 0 saturated heterocycles. The monoisotopic (exact) mass is 305 g/mol. The van der Waals surface area contributed by atoms with Gasteiger partial charge in [-0.25, -0.2) is 0 Å². The molecule has 0 aromatic rings. The summed E-state index contributed by atoms with van der Waals surface area (Å²) in [6.45, 7) is 8.84. The van der Waals surface area contributed by atoms with Crippen LogP contribution in [0.25, 0.3) is 0 Å². The van der Waals surface area contributed by atoms with Gasteiger partial charge in [-0.05, 0) is 13.3 Å². The number of rotatable bonds is 3. The van der Waals surface area contributed by atoms with Crippen molar-refractivity contribution in [3.8, 4) is 12.1 Å². The third kappa shape index (κ3) is 104. The molecule has 0 N–H and O–H groups in total. The van der Waals surface area contributed by atoms with E-state index in [4.69, 9.17) is 15.0 Å². The highest BCUT2D eigenvalue weighted by atomic mass is 31.2. The first kappa shape index (κ1) is 26.7. The quantitative estimate of drug-likeness (QED) is 0.337. The zero-order valence-electron chi connectivity index (χ0n) is 11.8. The highest BCUT2D eigenvalue weighted by Gasteiger charge is 2.04. The Morgan fingerprint density at radius 1 is 1.26 bits per heavy atom. The van der Waals surface area contributed by atoms with Gasteiger partial charge in [0.25, 0.3) is 0 Å². The molecule has 0 unspecified atom stereocenters. The van der Waals surface area contributed by atoms with E-state index < -0.39 is 14.7 Å². The molecule has 2 radical (unpaired) electrons. The van der Waals surface area contributed by atoms with Crippen LogP contribution in [0, 0.1) is 22.7 Å². The fourth-order valence-corrected chi connectivity index (χ4v) is 0.842. The van der Waals surface area contributed by atoms with Gasteiger partial charge in [0.15, 0.2) is 7.37 Å². The Hall–Kier alpha value is -0.835. The molecule has 19 heavy (non-hydrogen) atoms. The molecule has 0 spiro atoms. The molecule has 108 valence electrons. The lowest BCUT2D eigenvalue weighted by atomic mass is 10.5. The number of hydrogen-bond acceptors (Lipinski definition) is 6. The fourth-order valence-electron chi connectivity index (χ4n) is 0.311. The molecule has 0 atom stereocenters. The van der Waals surface area contributed by atoms with Crippen LogP contribution >= 0.6 is 14.7 Å². The minimum Gasteiger partial charge on any atom is -0.800 e. The van der Waals surface area contributed by atoms with Crippen LogP contribution in [0.1, 0.15) is 6.42 Å². The van der Waals surface area contributed by atoms with E-state index in [0.717, 1.165) is 0 Å². The van der Waals surface area contributed by atoms with Gasteiger partial charge in [0.1, 0.15) is 0 Å². The van der Waals surface area contributed by atoms with Crippen LogP contribution in [0.15, 0.2) is 12.7 Å². The summed E-state index contributed by atoms with van der Waals surface area (Å²) in [5, 5.41) is 15.6. The Morgan fingerprint density at radius 3 is 1.74 bits per heavy atom. The molecule has 0 amide bonds. The summed E-state index contributed by atoms with van der Waals surface area (Å²) in [7, 11) is -5.24. The highest BCUT2D eigenvalue weighted by Crippen LogP contribution is 2.36. The van der Waals surface area contributed by atoms with E-state index in [9.17, 15) is 14.0 Å². The average Bonchev–Trinajstić information content (AvgIpc) is 2.14. The Morgan fingerprint density at radius 2 is 1.58 bits per heavy atom. The van der Waals surface area contributed by atoms with Gasteiger partial charge in [0.05, 0.1) is 25.2 Å². The average molecular weight is 305 g/mol. The molecule has 0 heterocycles. The highest BCUT2D eigenvalue weighted by molar-refractivity contribution is 7.57. The lowest BCUT2D eigenvalue weighted by Gasteiger charge is -2.06. The zero-order chi connectivity index (χ0) is 15.2. The van der Waals surface area contributed by atoms with Crippen LogP contribution < -0.4 is 4.89 Å². The van der Waals surface area contributed by atoms with Crippen molar-refractivity contribution in [2.75, 3.05) is 33.3 Å². The van der Waals surface area contributed by atoms with Crippen molar-refractivity contribution in [1.29, 1.82) is 10.5 Å². The van der Waals surface area contributed by atoms with E-state index in [1.54, 1.807) is 6.07 Å². The number of nitriles is 2. The van der Waals surface area contributed by atoms with E-state index in [0.29, 0.717) is 6.42 Å². The molecule has 0 fully saturated rings. The Bertz CT molecular complexity index is 381. The molecular formula is C10H20BN2O4P2-. The Labute approximate surface area is 117 Å². The second kappa shape index (κ2) is 15.2. The van der Waals surface area contributed by atoms with Gasteiger partial charge in [-0.3, -0.25) is 4.57 Å². The van der Waals surface area contributed by atoms with Gasteiger partial charge in [-0.1, -0.05) is 6.58 Å². The SMILES string of the molecule is C=CC#N.CP(C)(=O)OCCC#N.CP(C)(=O)[O-].[BH]. The van der Waals surface area contributed by atoms with Gasteiger partial charge in [0, 0.05) is 35.2 Å². The van der Waals surface area contributed by atoms with Crippen molar-refractivity contribution in [2.45, 2.75) is 6.42 Å². The van der Waals surface area contributed by atoms with E-state index >= 15 is 0 Å². The molecule has 0 saturated carbocycles. The molecule has 0 bridgehead atoms. The summed E-state index contributed by atoms with van der Waals surface area (Å²) in [5.41, 5.74) is 0. The van der Waals surface area contributed by atoms with E-state index in [1.165, 1.54) is 32.7 Å². The summed E-state index contributed by atoms with van der Waals surface area (Å²) in [4.78, 5) is 9.66. The number of allylic oxidation sites excluding steroid dienone is 1. The van der Waals surface area contributed by atoms with Crippen molar-refractivity contribution in [3.05, 3.63) is 12.7 Å². The maximum atomic E-state index is 10.8. The first-order valence-electron chi connectivity index (χ1n) is 4.81. The first-order chi connectivity index (χ1) is 7.97. The van der Waals surface area contributed by atoms with Crippen LogP contribution in [0.2, 0.25) is 0 Å². The van der Waals surface area contributed by atoms with Crippen LogP contribution in [0.4, 0.5) is 0 Å². The molecule has 0 aliphatic carbocycles. The summed E-state index contributed by atoms with van der Waals surface area (Å²) >= 11 is 0. The molecule has 0 aliphatic heterocycles. The van der Waals surface area contributed by atoms with E-state index in [1.807, 2.05) is 6.07 Å². The standard InChI is InChI=1S/C5H10NO2P.C3H3N.C2H7O2P.BH/c1-9(2,7)8-5-3-4-6;1-2-3-4;1-5(2,3)4;/h3,5H2,1-2H3;2H,1H2;1-2H3,(H,3,4);1H/p-1. The Balaban J connectivity index is -0.0000000964. The molecule has 0 aliphatic rings. The molecule has 0 rings (SSSR count). The maximum absolute atomic E-state index is 10.8. The largest absolute Gasteiger partial charge is 0.800 e. The number of nitrogens with zero attached hydrogens (tertiary/aromatic N) is 2. The van der Waals surface area contributed by atoms with Crippen LogP contribution in [-0.4, -0.2) is 41.7 Å². The fraction of sp³-hybridized carbons (Fsp3) is 0.600. The van der Waals surface area contributed by atoms with E-state index in [-0.39, 0.29) is 15.0 Å². The van der Waals surface area contributed by atoms with Gasteiger partial charge in [-0.2, -0.15) is 10.5 Å². The summed E-state index contributed by atoms with van der Waals surface area (Å²) in [6, 6.07) is 3.59. The Kier molecular flexibility index (Phi) is 21.4. The lowest BCUT2D eigenvalue weighted by molar-refractivity contribution is -0.171. The normalized spacial score (nSPS) is 9.00. The smallest absolute Gasteiger partial charge is 0.197 e. The molecule has 6 nitrogen and oxygen atoms in total. The molecule has 0 aromatic heterocycles. The lowest BCUT2D eigenvalue weighted by Crippen LogP contribution is -1.93. The second-order valence-corrected chi connectivity index (χ2v) is 8.85. The minimum atomic E-state index is -2.89. The van der Waals surface area contributed by atoms with Gasteiger partial charge < -0.3 is 14.0 Å². The van der Waals surface area contributed by atoms with Gasteiger partial charge >= 0.3 is 0 Å². The first-order valence-corrected chi connectivity index (χ1v) is 9.84. The maximum Gasteiger partial charge on any atom is 0.197 e. The van der Waals surface area contributed by atoms with Crippen LogP contribution in [0.3, 0.4) is 0 Å². The third-order valence-electron chi connectivity index (χ3n) is 0.707. The second-order valence-electron chi connectivity index (χ2n) is 3.58. The minimum absolute atomic E-state index is 0. The molecular weight excluding hydrogens is 285 g/mol. The predicted molar refractivity (Wildman–Crippen MR) is 78.1 cm³/mol. The van der Waals surface area contributed by atoms with Crippen molar-refractivity contribution in [2.24, 2.45) is 0 Å². The topological polar surface area (TPSA) is 114 Å². The third-order valence-corrected chi connectivity index (χ3v) is 1.51. The van der Waals surface area contributed by atoms with Gasteiger partial charge in [-0.15, -0.1) is 0 Å². The van der Waals surface area contributed by atoms with Crippen molar-refractivity contribution < 1.29 is 18.5 Å². The molecule has 0 aromatic carbocycles. The van der Waals surface area contributed by atoms with Crippen LogP contribution in [-0.2, 0) is 13.7 Å². The number of hydrogen-bond donors (Lipinski definition) is 0. The zero-order valence-corrected chi connectivity index (χ0v) is 13.6. The predicted octanol–water partition coefficient (Wildman–Crippen LogP) is 1.39.